The lowest BCUT2D eigenvalue weighted by molar-refractivity contribution is -0.204. The average molecular weight is 531 g/mol. The number of aromatic nitrogens is 2. The van der Waals surface area contributed by atoms with Crippen LogP contribution in [0.1, 0.15) is 27.0 Å². The van der Waals surface area contributed by atoms with E-state index in [1.165, 1.54) is 19.1 Å². The van der Waals surface area contributed by atoms with E-state index in [0.717, 1.165) is 12.3 Å². The number of carbonyl (C=O) groups is 1. The van der Waals surface area contributed by atoms with Gasteiger partial charge in [0.2, 0.25) is 0 Å². The largest absolute Gasteiger partial charge is 0.462 e. The Labute approximate surface area is 204 Å². The standard InChI is InChI=1S/C21H27FN3O10P/c1-12(2)33-19(29)13(3)24-36(31,35-14-7-5-4-6-8-14)32-11-21(22)17(28)16(27)18(34-21)25-10-9-15(26)23-20(25)30/h4-10,12-13,16-18,27-28H,11H2,1-3H3,(H,24,31)(H,23,26,30)/t13-,16-,17+,18-,21-,36?/m1/s1. The zero-order valence-corrected chi connectivity index (χ0v) is 20.5. The summed E-state index contributed by atoms with van der Waals surface area (Å²) in [5, 5.41) is 23.0. The molecule has 1 fully saturated rings. The molecule has 13 nitrogen and oxygen atoms in total. The normalized spacial score (nSPS) is 26.4. The van der Waals surface area contributed by atoms with Crippen LogP contribution in [0.2, 0.25) is 0 Å². The first-order chi connectivity index (χ1) is 16.8. The molecule has 2 aromatic rings. The molecule has 36 heavy (non-hydrogen) atoms. The number of para-hydroxylation sites is 1. The molecule has 0 bridgehead atoms. The van der Waals surface area contributed by atoms with Crippen LogP contribution in [0.25, 0.3) is 0 Å². The fourth-order valence-corrected chi connectivity index (χ4v) is 4.73. The van der Waals surface area contributed by atoms with Gasteiger partial charge in [-0.25, -0.2) is 13.8 Å². The van der Waals surface area contributed by atoms with Crippen molar-refractivity contribution in [1.82, 2.24) is 14.6 Å². The van der Waals surface area contributed by atoms with Crippen molar-refractivity contribution in [3.05, 3.63) is 63.4 Å². The molecule has 2 heterocycles. The first kappa shape index (κ1) is 27.7. The van der Waals surface area contributed by atoms with Crippen molar-refractivity contribution < 1.29 is 42.5 Å². The van der Waals surface area contributed by atoms with Crippen molar-refractivity contribution in [2.45, 2.75) is 57.2 Å². The number of benzene rings is 1. The Morgan fingerprint density at radius 1 is 1.25 bits per heavy atom. The predicted octanol–water partition coefficient (Wildman–Crippen LogP) is 0.586. The number of ether oxygens (including phenoxy) is 2. The highest BCUT2D eigenvalue weighted by Gasteiger charge is 2.57. The van der Waals surface area contributed by atoms with Crippen LogP contribution in [0.4, 0.5) is 4.39 Å². The fraction of sp³-hybridized carbons (Fsp3) is 0.476. The van der Waals surface area contributed by atoms with Gasteiger partial charge in [0.1, 0.15) is 30.6 Å². The molecule has 0 spiro atoms. The summed E-state index contributed by atoms with van der Waals surface area (Å²) in [7, 11) is -4.52. The van der Waals surface area contributed by atoms with Gasteiger partial charge >= 0.3 is 19.4 Å². The molecular formula is C21H27FN3O10P. The smallest absolute Gasteiger partial charge is 0.459 e. The van der Waals surface area contributed by atoms with E-state index < -0.39 is 68.0 Å². The molecule has 1 aliphatic heterocycles. The lowest BCUT2D eigenvalue weighted by Gasteiger charge is -2.27. The number of hydrogen-bond donors (Lipinski definition) is 4. The maximum atomic E-state index is 15.6. The molecule has 0 radical (unpaired) electrons. The summed E-state index contributed by atoms with van der Waals surface area (Å²) in [4.78, 5) is 37.4. The molecule has 1 unspecified atom stereocenters. The van der Waals surface area contributed by atoms with Gasteiger partial charge in [-0.05, 0) is 32.9 Å². The molecular weight excluding hydrogens is 504 g/mol. The zero-order chi connectivity index (χ0) is 26.7. The third-order valence-corrected chi connectivity index (χ3v) is 6.58. The zero-order valence-electron chi connectivity index (χ0n) is 19.6. The number of nitrogens with one attached hydrogen (secondary N) is 2. The molecule has 0 amide bonds. The van der Waals surface area contributed by atoms with Crippen LogP contribution in [0.5, 0.6) is 5.75 Å². The van der Waals surface area contributed by atoms with Crippen molar-refractivity contribution in [2.24, 2.45) is 0 Å². The lowest BCUT2D eigenvalue weighted by atomic mass is 10.1. The van der Waals surface area contributed by atoms with Gasteiger partial charge in [-0.15, -0.1) is 0 Å². The van der Waals surface area contributed by atoms with Gasteiger partial charge in [0.05, 0.1) is 6.10 Å². The van der Waals surface area contributed by atoms with Crippen molar-refractivity contribution >= 4 is 13.7 Å². The molecule has 198 valence electrons. The van der Waals surface area contributed by atoms with Crippen LogP contribution in [0.15, 0.2) is 52.2 Å². The first-order valence-electron chi connectivity index (χ1n) is 10.9. The second-order valence-electron chi connectivity index (χ2n) is 8.26. The summed E-state index contributed by atoms with van der Waals surface area (Å²) in [6.07, 6.45) is -5.50. The van der Waals surface area contributed by atoms with E-state index in [4.69, 9.17) is 18.5 Å². The predicted molar refractivity (Wildman–Crippen MR) is 122 cm³/mol. The lowest BCUT2D eigenvalue weighted by Crippen LogP contribution is -2.44. The van der Waals surface area contributed by atoms with Crippen molar-refractivity contribution in [2.75, 3.05) is 6.61 Å². The Bertz CT molecular complexity index is 1220. The quantitative estimate of drug-likeness (QED) is 0.249. The van der Waals surface area contributed by atoms with Crippen LogP contribution in [-0.4, -0.2) is 62.5 Å². The maximum absolute atomic E-state index is 15.6. The van der Waals surface area contributed by atoms with Crippen LogP contribution in [-0.2, 0) is 23.4 Å². The SMILES string of the molecule is CC(C)OC(=O)[C@@H](C)NP(=O)(OC[C@@]1(F)O[C@@H](n2ccc(=O)[nH]c2=O)[C@H](O)[C@@H]1O)Oc1ccccc1. The second kappa shape index (κ2) is 11.0. The van der Waals surface area contributed by atoms with Crippen molar-refractivity contribution in [3.8, 4) is 5.75 Å². The minimum Gasteiger partial charge on any atom is -0.462 e. The van der Waals surface area contributed by atoms with E-state index in [0.29, 0.717) is 4.57 Å². The third-order valence-electron chi connectivity index (χ3n) is 4.96. The first-order valence-corrected chi connectivity index (χ1v) is 12.4. The number of esters is 1. The van der Waals surface area contributed by atoms with Gasteiger partial charge in [-0.3, -0.25) is 23.7 Å². The van der Waals surface area contributed by atoms with Gasteiger partial charge in [0, 0.05) is 12.3 Å². The van der Waals surface area contributed by atoms with Crippen molar-refractivity contribution in [3.63, 3.8) is 0 Å². The van der Waals surface area contributed by atoms with Crippen LogP contribution in [0.3, 0.4) is 0 Å². The summed E-state index contributed by atoms with van der Waals surface area (Å²) >= 11 is 0. The van der Waals surface area contributed by atoms with E-state index >= 15 is 4.39 Å². The summed E-state index contributed by atoms with van der Waals surface area (Å²) in [6, 6.07) is 7.38. The monoisotopic (exact) mass is 531 g/mol. The number of aromatic amines is 1. The highest BCUT2D eigenvalue weighted by atomic mass is 31.2. The molecule has 1 aliphatic rings. The van der Waals surface area contributed by atoms with Crippen LogP contribution in [0, 0.1) is 0 Å². The van der Waals surface area contributed by atoms with Gasteiger partial charge in [0.15, 0.2) is 6.23 Å². The van der Waals surface area contributed by atoms with Gasteiger partial charge < -0.3 is 24.2 Å². The molecule has 1 saturated heterocycles. The summed E-state index contributed by atoms with van der Waals surface area (Å²) in [5.74, 6) is -3.90. The number of alkyl halides is 1. The molecule has 6 atom stereocenters. The Morgan fingerprint density at radius 2 is 1.92 bits per heavy atom. The van der Waals surface area contributed by atoms with E-state index in [1.807, 2.05) is 4.98 Å². The number of aliphatic hydroxyl groups is 2. The molecule has 3 rings (SSSR count). The van der Waals surface area contributed by atoms with E-state index in [-0.39, 0.29) is 5.75 Å². The highest BCUT2D eigenvalue weighted by molar-refractivity contribution is 7.52. The van der Waals surface area contributed by atoms with Gasteiger partial charge in [-0.2, -0.15) is 5.09 Å². The number of nitrogens with zero attached hydrogens (tertiary/aromatic N) is 1. The Balaban J connectivity index is 1.81. The molecule has 1 aromatic heterocycles. The minimum absolute atomic E-state index is 0.0521. The third kappa shape index (κ3) is 6.46. The van der Waals surface area contributed by atoms with Gasteiger partial charge in [0.25, 0.3) is 11.4 Å². The summed E-state index contributed by atoms with van der Waals surface area (Å²) in [6.45, 7) is 3.30. The number of carbonyl (C=O) groups excluding carboxylic acids is 1. The average Bonchev–Trinajstić information content (AvgIpc) is 3.02. The topological polar surface area (TPSA) is 178 Å². The number of H-pyrrole nitrogens is 1. The summed E-state index contributed by atoms with van der Waals surface area (Å²) < 4.78 is 50.5. The maximum Gasteiger partial charge on any atom is 0.459 e. The Hall–Kier alpha value is -2.87. The molecule has 1 aromatic carbocycles. The van der Waals surface area contributed by atoms with E-state index in [2.05, 4.69) is 5.09 Å². The van der Waals surface area contributed by atoms with E-state index in [1.54, 1.807) is 32.0 Å². The van der Waals surface area contributed by atoms with Crippen LogP contribution < -0.4 is 20.9 Å². The number of hydrogen-bond acceptors (Lipinski definition) is 10. The molecule has 0 saturated carbocycles. The molecule has 0 aliphatic carbocycles. The fourth-order valence-electron chi connectivity index (χ4n) is 3.23. The molecule has 4 N–H and O–H groups in total. The van der Waals surface area contributed by atoms with Crippen molar-refractivity contribution in [1.29, 1.82) is 0 Å². The molecule has 15 heteroatoms. The Kier molecular flexibility index (Phi) is 8.49. The Morgan fingerprint density at radius 3 is 2.53 bits per heavy atom. The van der Waals surface area contributed by atoms with E-state index in [9.17, 15) is 29.2 Å². The number of aliphatic hydroxyl groups excluding tert-OH is 2. The number of rotatable bonds is 10. The number of halogens is 1. The highest BCUT2D eigenvalue weighted by Crippen LogP contribution is 2.48. The van der Waals surface area contributed by atoms with Gasteiger partial charge in [-0.1, -0.05) is 18.2 Å². The van der Waals surface area contributed by atoms with Crippen LogP contribution >= 0.6 is 7.75 Å². The minimum atomic E-state index is -4.52. The summed E-state index contributed by atoms with van der Waals surface area (Å²) in [5.41, 5.74) is -1.77. The second-order valence-corrected chi connectivity index (χ2v) is 9.95.